The average molecular weight is 501 g/mol. The number of pyridine rings is 1. The summed E-state index contributed by atoms with van der Waals surface area (Å²) >= 11 is 0. The van der Waals surface area contributed by atoms with Gasteiger partial charge in [-0.2, -0.15) is 4.98 Å². The minimum atomic E-state index is -0.305. The van der Waals surface area contributed by atoms with Crippen molar-refractivity contribution in [2.24, 2.45) is 7.05 Å². The Kier molecular flexibility index (Phi) is 7.27. The van der Waals surface area contributed by atoms with E-state index in [-0.39, 0.29) is 17.8 Å². The molecular formula is C29H36N6O2. The first-order valence-electron chi connectivity index (χ1n) is 13.4. The Morgan fingerprint density at radius 2 is 1.84 bits per heavy atom. The van der Waals surface area contributed by atoms with Crippen LogP contribution in [0.2, 0.25) is 0 Å². The molecule has 0 N–H and O–H groups in total. The van der Waals surface area contributed by atoms with Crippen molar-refractivity contribution in [3.8, 4) is 0 Å². The van der Waals surface area contributed by atoms with E-state index in [2.05, 4.69) is 69.6 Å². The fourth-order valence-electron chi connectivity index (χ4n) is 5.93. The predicted molar refractivity (Wildman–Crippen MR) is 146 cm³/mol. The highest BCUT2D eigenvalue weighted by Crippen LogP contribution is 2.34. The summed E-state index contributed by atoms with van der Waals surface area (Å²) < 4.78 is 7.04. The third-order valence-electron chi connectivity index (χ3n) is 8.27. The van der Waals surface area contributed by atoms with Crippen LogP contribution in [-0.4, -0.2) is 57.8 Å². The van der Waals surface area contributed by atoms with Crippen molar-refractivity contribution in [3.63, 3.8) is 0 Å². The molecular weight excluding hydrogens is 464 g/mol. The van der Waals surface area contributed by atoms with Crippen LogP contribution < -0.4 is 10.6 Å². The predicted octanol–water partition coefficient (Wildman–Crippen LogP) is 4.82. The van der Waals surface area contributed by atoms with E-state index in [4.69, 9.17) is 11.3 Å². The molecule has 37 heavy (non-hydrogen) atoms. The van der Waals surface area contributed by atoms with Gasteiger partial charge < -0.3 is 14.5 Å². The molecule has 2 aliphatic heterocycles. The van der Waals surface area contributed by atoms with Gasteiger partial charge in [0, 0.05) is 51.5 Å². The highest BCUT2D eigenvalue weighted by Gasteiger charge is 2.36. The van der Waals surface area contributed by atoms with Crippen molar-refractivity contribution >= 4 is 22.7 Å². The maximum absolute atomic E-state index is 12.7. The molecule has 0 saturated carbocycles. The molecule has 8 nitrogen and oxygen atoms in total. The lowest BCUT2D eigenvalue weighted by atomic mass is 9.90. The van der Waals surface area contributed by atoms with Crippen molar-refractivity contribution in [1.82, 2.24) is 19.4 Å². The Morgan fingerprint density at radius 1 is 1.11 bits per heavy atom. The number of ether oxygens (including phenoxy) is 1. The molecule has 2 saturated heterocycles. The molecule has 4 heterocycles. The van der Waals surface area contributed by atoms with E-state index in [0.29, 0.717) is 34.6 Å². The summed E-state index contributed by atoms with van der Waals surface area (Å²) in [6.07, 6.45) is 3.19. The zero-order valence-corrected chi connectivity index (χ0v) is 22.2. The fraction of sp³-hybridized carbons (Fsp3) is 0.517. The Hall–Kier alpha value is -3.28. The molecule has 0 radical (unpaired) electrons. The molecule has 0 bridgehead atoms. The number of benzene rings is 1. The van der Waals surface area contributed by atoms with E-state index >= 15 is 0 Å². The lowest BCUT2D eigenvalue weighted by molar-refractivity contribution is 0.0853. The van der Waals surface area contributed by atoms with E-state index in [1.54, 1.807) is 19.2 Å². The topological polar surface area (TPSA) is 67.9 Å². The number of aryl methyl sites for hydroxylation is 1. The van der Waals surface area contributed by atoms with Gasteiger partial charge >= 0.3 is 5.69 Å². The summed E-state index contributed by atoms with van der Waals surface area (Å²) in [5.41, 5.74) is 3.75. The molecule has 1 unspecified atom stereocenters. The number of fused-ring (bicyclic) bond motifs is 1. The normalized spacial score (nSPS) is 22.2. The van der Waals surface area contributed by atoms with Crippen molar-refractivity contribution < 1.29 is 4.74 Å². The van der Waals surface area contributed by atoms with Crippen LogP contribution in [0.1, 0.15) is 63.1 Å². The third kappa shape index (κ3) is 4.86. The molecule has 0 amide bonds. The van der Waals surface area contributed by atoms with Crippen LogP contribution in [0.5, 0.6) is 0 Å². The maximum atomic E-state index is 12.7. The first-order valence-corrected chi connectivity index (χ1v) is 13.4. The highest BCUT2D eigenvalue weighted by atomic mass is 16.5. The molecule has 1 aromatic carbocycles. The average Bonchev–Trinajstić information content (AvgIpc) is 2.95. The van der Waals surface area contributed by atoms with Gasteiger partial charge in [0.05, 0.1) is 5.52 Å². The lowest BCUT2D eigenvalue weighted by Crippen LogP contribution is -2.58. The second-order valence-corrected chi connectivity index (χ2v) is 10.4. The van der Waals surface area contributed by atoms with Crippen molar-refractivity contribution in [2.75, 3.05) is 31.2 Å². The second-order valence-electron chi connectivity index (χ2n) is 10.4. The number of hydrogen-bond acceptors (Lipinski definition) is 6. The quantitative estimate of drug-likeness (QED) is 0.468. The third-order valence-corrected chi connectivity index (χ3v) is 8.27. The van der Waals surface area contributed by atoms with Gasteiger partial charge in [-0.1, -0.05) is 37.8 Å². The molecule has 3 atom stereocenters. The number of aromatic nitrogens is 3. The lowest BCUT2D eigenvalue weighted by Gasteiger charge is -2.48. The monoisotopic (exact) mass is 500 g/mol. The van der Waals surface area contributed by atoms with Gasteiger partial charge in [-0.3, -0.25) is 9.47 Å². The van der Waals surface area contributed by atoms with Crippen LogP contribution in [-0.2, 0) is 11.8 Å². The van der Waals surface area contributed by atoms with E-state index in [1.807, 2.05) is 0 Å². The van der Waals surface area contributed by atoms with Gasteiger partial charge in [0.15, 0.2) is 5.82 Å². The smallest absolute Gasteiger partial charge is 0.350 e. The molecule has 2 aliphatic rings. The zero-order chi connectivity index (χ0) is 26.1. The number of anilines is 1. The minimum absolute atomic E-state index is 0.132. The molecule has 8 heteroatoms. The first-order chi connectivity index (χ1) is 17.9. The van der Waals surface area contributed by atoms with E-state index in [1.165, 1.54) is 15.7 Å². The summed E-state index contributed by atoms with van der Waals surface area (Å²) in [4.78, 5) is 30.0. The van der Waals surface area contributed by atoms with Crippen LogP contribution in [0, 0.1) is 6.57 Å². The Bertz CT molecular complexity index is 1360. The van der Waals surface area contributed by atoms with Gasteiger partial charge in [0.25, 0.3) is 5.82 Å². The second kappa shape index (κ2) is 10.6. The van der Waals surface area contributed by atoms with Crippen LogP contribution in [0.15, 0.2) is 41.2 Å². The van der Waals surface area contributed by atoms with Crippen molar-refractivity contribution in [2.45, 2.75) is 64.1 Å². The van der Waals surface area contributed by atoms with Gasteiger partial charge in [-0.15, -0.1) is 4.98 Å². The maximum Gasteiger partial charge on any atom is 0.350 e. The van der Waals surface area contributed by atoms with Crippen molar-refractivity contribution in [3.05, 3.63) is 69.4 Å². The van der Waals surface area contributed by atoms with Gasteiger partial charge in [0.2, 0.25) is 5.52 Å². The Morgan fingerprint density at radius 3 is 2.51 bits per heavy atom. The number of rotatable bonds is 5. The number of nitrogens with zero attached hydrogens (tertiary/aromatic N) is 6. The summed E-state index contributed by atoms with van der Waals surface area (Å²) in [6, 6.07) is 13.4. The largest absolute Gasteiger partial charge is 0.381 e. The zero-order valence-electron chi connectivity index (χ0n) is 22.2. The summed E-state index contributed by atoms with van der Waals surface area (Å²) in [6.45, 7) is 17.4. The highest BCUT2D eigenvalue weighted by molar-refractivity contribution is 5.87. The number of hydrogen-bond donors (Lipinski definition) is 0. The van der Waals surface area contributed by atoms with Gasteiger partial charge in [-0.25, -0.2) is 4.79 Å². The Labute approximate surface area is 218 Å². The van der Waals surface area contributed by atoms with E-state index in [9.17, 15) is 4.79 Å². The molecule has 5 rings (SSSR count). The van der Waals surface area contributed by atoms with Crippen molar-refractivity contribution in [1.29, 1.82) is 0 Å². The fourth-order valence-corrected chi connectivity index (χ4v) is 5.93. The molecule has 3 aromatic rings. The number of piperazine rings is 1. The van der Waals surface area contributed by atoms with Gasteiger partial charge in [0.1, 0.15) is 0 Å². The van der Waals surface area contributed by atoms with E-state index < -0.39 is 0 Å². The van der Waals surface area contributed by atoms with Gasteiger partial charge in [-0.05, 0) is 62.3 Å². The van der Waals surface area contributed by atoms with E-state index in [0.717, 1.165) is 45.6 Å². The summed E-state index contributed by atoms with van der Waals surface area (Å²) in [5, 5.41) is 0. The Balaban J connectivity index is 1.41. The molecule has 194 valence electrons. The minimum Gasteiger partial charge on any atom is -0.381 e. The van der Waals surface area contributed by atoms with Crippen LogP contribution >= 0.6 is 0 Å². The first kappa shape index (κ1) is 25.4. The van der Waals surface area contributed by atoms with Crippen LogP contribution in [0.4, 0.5) is 11.6 Å². The summed E-state index contributed by atoms with van der Waals surface area (Å²) in [7, 11) is 1.70. The van der Waals surface area contributed by atoms with Crippen LogP contribution in [0.25, 0.3) is 15.9 Å². The molecule has 2 fully saturated rings. The molecule has 2 aromatic heterocycles. The SMILES string of the molecule is [C-]#[N+]c1ccc2c(n1)c(N1C[C@@H](CC)N(C(C)c3ccc(C4CCOCC4)cc3)C[C@@H]1C)nc(=O)n2C. The molecule has 0 spiro atoms. The standard InChI is InChI=1S/C29H36N6O2/c1-6-24-18-34(28-27-25(33(5)29(36)32-28)11-12-26(30-4)31-27)19(2)17-35(24)20(3)21-7-9-22(10-8-21)23-13-15-37-16-14-23/h7-12,19-20,23-24H,6,13-18H2,1-3,5H3/t19-,20?,24+/m0/s1. The van der Waals surface area contributed by atoms with Crippen LogP contribution in [0.3, 0.4) is 0 Å². The summed E-state index contributed by atoms with van der Waals surface area (Å²) in [5.74, 6) is 1.50. The molecule has 0 aliphatic carbocycles.